The van der Waals surface area contributed by atoms with Crippen LogP contribution in [-0.2, 0) is 0 Å². The van der Waals surface area contributed by atoms with Crippen molar-refractivity contribution in [2.75, 3.05) is 4.90 Å². The second-order valence-electron chi connectivity index (χ2n) is 15.7. The molecule has 2 aliphatic rings. The number of aryl methyl sites for hydroxylation is 1. The molecule has 0 fully saturated rings. The predicted molar refractivity (Wildman–Crippen MR) is 264 cm³/mol. The number of anilines is 3. The highest BCUT2D eigenvalue weighted by Gasteiger charge is 2.31. The minimum Gasteiger partial charge on any atom is -0.379 e. The van der Waals surface area contributed by atoms with Crippen LogP contribution >= 0.6 is 0 Å². The van der Waals surface area contributed by atoms with E-state index in [2.05, 4.69) is 240 Å². The van der Waals surface area contributed by atoms with Crippen LogP contribution in [0.2, 0.25) is 0 Å². The Kier molecular flexibility index (Phi) is 10.3. The third kappa shape index (κ3) is 6.47. The Hall–Kier alpha value is -7.56. The van der Waals surface area contributed by atoms with Crippen LogP contribution in [0.4, 0.5) is 17.1 Å². The molecule has 0 saturated heterocycles. The van der Waals surface area contributed by atoms with E-state index in [4.69, 9.17) is 0 Å². The first kappa shape index (κ1) is 38.6. The molecule has 4 heteroatoms. The fourth-order valence-corrected chi connectivity index (χ4v) is 9.41. The molecule has 302 valence electrons. The quantitative estimate of drug-likeness (QED) is 0.174. The van der Waals surface area contributed by atoms with Crippen LogP contribution in [0.5, 0.6) is 0 Å². The largest absolute Gasteiger partial charge is 0.379 e. The molecular formula is C58H50N4. The lowest BCUT2D eigenvalue weighted by Gasteiger charge is -2.28. The maximum absolute atomic E-state index is 3.72. The van der Waals surface area contributed by atoms with Crippen LogP contribution in [0.3, 0.4) is 0 Å². The molecule has 0 spiro atoms. The molecule has 0 radical (unpaired) electrons. The molecule has 62 heavy (non-hydrogen) atoms. The van der Waals surface area contributed by atoms with Gasteiger partial charge in [-0.25, -0.2) is 0 Å². The molecule has 4 heterocycles. The van der Waals surface area contributed by atoms with E-state index in [1.54, 1.807) is 0 Å². The van der Waals surface area contributed by atoms with E-state index in [1.165, 1.54) is 72.1 Å². The van der Waals surface area contributed by atoms with Crippen molar-refractivity contribution in [1.82, 2.24) is 14.5 Å². The maximum Gasteiger partial charge on any atom is 0.0697 e. The Balaban J connectivity index is 0.00000226. The fourth-order valence-electron chi connectivity index (χ4n) is 9.41. The minimum atomic E-state index is 0.0643. The predicted octanol–water partition coefficient (Wildman–Crippen LogP) is 15.8. The number of benzene rings is 7. The molecule has 11 rings (SSSR count). The van der Waals surface area contributed by atoms with Gasteiger partial charge in [-0.1, -0.05) is 154 Å². The number of hydrogen-bond acceptors (Lipinski definition) is 2. The summed E-state index contributed by atoms with van der Waals surface area (Å²) in [4.78, 5) is 2.44. The average molecular weight is 803 g/mol. The van der Waals surface area contributed by atoms with Gasteiger partial charge in [0.15, 0.2) is 0 Å². The van der Waals surface area contributed by atoms with Crippen molar-refractivity contribution in [2.24, 2.45) is 0 Å². The number of allylic oxidation sites excluding steroid dienone is 3. The third-order valence-corrected chi connectivity index (χ3v) is 12.2. The first-order chi connectivity index (χ1) is 30.7. The van der Waals surface area contributed by atoms with E-state index in [-0.39, 0.29) is 6.04 Å². The molecule has 0 saturated carbocycles. The fraction of sp³-hybridized carbons (Fsp3) is 0.103. The molecule has 4 nitrogen and oxygen atoms in total. The highest BCUT2D eigenvalue weighted by atomic mass is 15.2. The monoisotopic (exact) mass is 802 g/mol. The molecule has 1 N–H and O–H groups in total. The molecule has 2 aliphatic heterocycles. The van der Waals surface area contributed by atoms with Gasteiger partial charge in [0, 0.05) is 50.7 Å². The van der Waals surface area contributed by atoms with E-state index in [9.17, 15) is 0 Å². The lowest BCUT2D eigenvalue weighted by atomic mass is 9.95. The summed E-state index contributed by atoms with van der Waals surface area (Å²) in [6, 6.07) is 64.1. The van der Waals surface area contributed by atoms with Crippen molar-refractivity contribution in [3.05, 3.63) is 217 Å². The van der Waals surface area contributed by atoms with Crippen molar-refractivity contribution in [1.29, 1.82) is 0 Å². The highest BCUT2D eigenvalue weighted by molar-refractivity contribution is 6.13. The SMILES string of the molecule is CC.CC/C=C\c1c(C)c2ccccc2n1C1=CNC(c2ccc(-c3ccc4c(c3)-c3c(c5ccccc5n3-c3ccccc3)-c3ccccc3N4c3ccccc3)cc2)C=C1. The molecule has 1 unspecified atom stereocenters. The van der Waals surface area contributed by atoms with Crippen LogP contribution in [0.1, 0.15) is 50.1 Å². The third-order valence-electron chi connectivity index (χ3n) is 12.2. The van der Waals surface area contributed by atoms with E-state index in [0.717, 1.165) is 34.9 Å². The first-order valence-electron chi connectivity index (χ1n) is 22.0. The van der Waals surface area contributed by atoms with Crippen molar-refractivity contribution >= 4 is 50.6 Å². The van der Waals surface area contributed by atoms with Crippen LogP contribution in [0.25, 0.3) is 72.8 Å². The first-order valence-corrected chi connectivity index (χ1v) is 22.0. The van der Waals surface area contributed by atoms with E-state index in [0.29, 0.717) is 0 Å². The number of nitrogens with one attached hydrogen (secondary N) is 1. The van der Waals surface area contributed by atoms with Gasteiger partial charge >= 0.3 is 0 Å². The molecule has 0 aliphatic carbocycles. The zero-order valence-corrected chi connectivity index (χ0v) is 35.8. The topological polar surface area (TPSA) is 25.1 Å². The van der Waals surface area contributed by atoms with Crippen molar-refractivity contribution in [2.45, 2.75) is 40.2 Å². The zero-order valence-electron chi connectivity index (χ0n) is 35.8. The maximum atomic E-state index is 3.72. The van der Waals surface area contributed by atoms with Gasteiger partial charge in [-0.3, -0.25) is 0 Å². The van der Waals surface area contributed by atoms with Gasteiger partial charge in [0.05, 0.1) is 39.8 Å². The average Bonchev–Trinajstić information content (AvgIpc) is 3.79. The standard InChI is InChI=1S/C56H44N4.C2H6/c1-3-4-24-50-38(2)45-21-11-14-25-51(45)59(50)44-33-34-49(57-37-44)40-30-28-39(29-31-40)41-32-35-54-48(36-41)56-55(46-22-12-15-26-52(46)58(54)42-17-7-5-8-18-42)47-23-13-16-27-53(47)60(56)43-19-9-6-10-20-43;1-2/h4-37,49,57H,3H2,1-2H3;1-2H3/b24-4-;. The molecule has 2 aromatic heterocycles. The van der Waals surface area contributed by atoms with E-state index in [1.807, 2.05) is 13.8 Å². The van der Waals surface area contributed by atoms with Crippen LogP contribution in [-0.4, -0.2) is 9.13 Å². The summed E-state index contributed by atoms with van der Waals surface area (Å²) in [5, 5.41) is 6.24. The molecule has 0 bridgehead atoms. The molecule has 7 aromatic carbocycles. The van der Waals surface area contributed by atoms with Gasteiger partial charge in [-0.15, -0.1) is 0 Å². The lowest BCUT2D eigenvalue weighted by Crippen LogP contribution is -2.18. The van der Waals surface area contributed by atoms with Gasteiger partial charge < -0.3 is 19.4 Å². The number of nitrogens with zero attached hydrogens (tertiary/aromatic N) is 3. The Morgan fingerprint density at radius 1 is 0.581 bits per heavy atom. The van der Waals surface area contributed by atoms with Gasteiger partial charge in [-0.05, 0) is 102 Å². The van der Waals surface area contributed by atoms with Gasteiger partial charge in [-0.2, -0.15) is 0 Å². The zero-order chi connectivity index (χ0) is 42.2. The molecule has 9 aromatic rings. The second kappa shape index (κ2) is 16.5. The van der Waals surface area contributed by atoms with Gasteiger partial charge in [0.2, 0.25) is 0 Å². The van der Waals surface area contributed by atoms with Crippen LogP contribution in [0.15, 0.2) is 200 Å². The Bertz CT molecular complexity index is 3160. The lowest BCUT2D eigenvalue weighted by molar-refractivity contribution is 0.744. The number of aromatic nitrogens is 2. The van der Waals surface area contributed by atoms with Crippen LogP contribution < -0.4 is 10.2 Å². The van der Waals surface area contributed by atoms with Gasteiger partial charge in [0.1, 0.15) is 0 Å². The summed E-state index contributed by atoms with van der Waals surface area (Å²) in [7, 11) is 0. The van der Waals surface area contributed by atoms with Crippen molar-refractivity contribution < 1.29 is 0 Å². The second-order valence-corrected chi connectivity index (χ2v) is 15.7. The summed E-state index contributed by atoms with van der Waals surface area (Å²) in [6.07, 6.45) is 12.2. The Morgan fingerprint density at radius 3 is 1.90 bits per heavy atom. The van der Waals surface area contributed by atoms with E-state index >= 15 is 0 Å². The number of fused-ring (bicyclic) bond motifs is 8. The van der Waals surface area contributed by atoms with Crippen LogP contribution in [0, 0.1) is 6.92 Å². The summed E-state index contributed by atoms with van der Waals surface area (Å²) in [5.41, 5.74) is 19.1. The normalized spacial score (nSPS) is 14.1. The summed E-state index contributed by atoms with van der Waals surface area (Å²) < 4.78 is 4.84. The number of rotatable bonds is 7. The molecule has 0 amide bonds. The minimum absolute atomic E-state index is 0.0643. The highest BCUT2D eigenvalue weighted by Crippen LogP contribution is 2.55. The number of para-hydroxylation sites is 5. The molecular weight excluding hydrogens is 753 g/mol. The summed E-state index contributed by atoms with van der Waals surface area (Å²) in [6.45, 7) is 8.41. The number of dihydropyridines is 1. The smallest absolute Gasteiger partial charge is 0.0697 e. The van der Waals surface area contributed by atoms with Crippen molar-refractivity contribution in [3.8, 4) is 39.2 Å². The van der Waals surface area contributed by atoms with E-state index < -0.39 is 0 Å². The molecule has 1 atom stereocenters. The number of hydrogen-bond donors (Lipinski definition) is 1. The Morgan fingerprint density at radius 2 is 1.19 bits per heavy atom. The van der Waals surface area contributed by atoms with Gasteiger partial charge in [0.25, 0.3) is 0 Å². The summed E-state index contributed by atoms with van der Waals surface area (Å²) >= 11 is 0. The van der Waals surface area contributed by atoms with Crippen molar-refractivity contribution in [3.63, 3.8) is 0 Å². The summed E-state index contributed by atoms with van der Waals surface area (Å²) in [5.74, 6) is 0. The Labute approximate surface area is 365 Å².